The van der Waals surface area contributed by atoms with Crippen molar-refractivity contribution in [3.8, 4) is 0 Å². The lowest BCUT2D eigenvalue weighted by molar-refractivity contribution is -0.143. The predicted molar refractivity (Wildman–Crippen MR) is 116 cm³/mol. The Morgan fingerprint density at radius 1 is 1.26 bits per heavy atom. The van der Waals surface area contributed by atoms with Gasteiger partial charge in [0, 0.05) is 43.7 Å². The largest absolute Gasteiger partial charge is 0.481 e. The molecule has 3 atom stereocenters. The summed E-state index contributed by atoms with van der Waals surface area (Å²) in [4.78, 5) is 38.8. The second-order valence-electron chi connectivity index (χ2n) is 7.92. The molecule has 1 aromatic heterocycles. The molecule has 9 heteroatoms. The number of nitrogens with zero attached hydrogens (tertiary/aromatic N) is 3. The molecule has 0 radical (unpaired) electrons. The van der Waals surface area contributed by atoms with Crippen molar-refractivity contribution < 1.29 is 19.5 Å². The maximum absolute atomic E-state index is 13.1. The van der Waals surface area contributed by atoms with E-state index in [1.165, 1.54) is 0 Å². The van der Waals surface area contributed by atoms with Gasteiger partial charge in [-0.25, -0.2) is 0 Å². The Bertz CT molecular complexity index is 923. The molecule has 166 valence electrons. The zero-order chi connectivity index (χ0) is 22.5. The van der Waals surface area contributed by atoms with Crippen LogP contribution < -0.4 is 10.6 Å². The van der Waals surface area contributed by atoms with Gasteiger partial charge in [0.05, 0.1) is 12.5 Å². The van der Waals surface area contributed by atoms with E-state index in [4.69, 9.17) is 5.11 Å². The molecular weight excluding hydrogens is 398 g/mol. The molecule has 9 nitrogen and oxygen atoms in total. The second-order valence-corrected chi connectivity index (χ2v) is 7.92. The first-order chi connectivity index (χ1) is 14.8. The van der Waals surface area contributed by atoms with Gasteiger partial charge in [0.15, 0.2) is 5.82 Å². The fourth-order valence-corrected chi connectivity index (χ4v) is 4.05. The Hall–Kier alpha value is -3.20. The number of anilines is 1. The Morgan fingerprint density at radius 3 is 2.55 bits per heavy atom. The number of hydrogen-bond donors (Lipinski definition) is 3. The summed E-state index contributed by atoms with van der Waals surface area (Å²) in [6.45, 7) is 2.65. The molecule has 1 aliphatic rings. The maximum atomic E-state index is 13.1. The summed E-state index contributed by atoms with van der Waals surface area (Å²) >= 11 is 0. The number of likely N-dealkylation sites (tertiary alicyclic amines) is 1. The number of carbonyl (C=O) groups is 3. The van der Waals surface area contributed by atoms with Gasteiger partial charge in [-0.1, -0.05) is 30.3 Å². The van der Waals surface area contributed by atoms with E-state index < -0.39 is 12.0 Å². The van der Waals surface area contributed by atoms with Crippen LogP contribution in [0, 0.1) is 12.8 Å². The molecule has 2 aromatic rings. The standard InChI is InChI=1S/C22H29N5O4/c1-14-11-19(25-26(14)3)24-21(30)16-9-10-27(22(31)18(23-2)12-20(28)29)13-17(16)15-7-5-4-6-8-15/h4-8,11,16-18,23H,9-10,12-13H2,1-3H3,(H,28,29)(H,24,25,30)/t16-,17+,18?/m1/s1. The Labute approximate surface area is 181 Å². The van der Waals surface area contributed by atoms with Crippen molar-refractivity contribution in [3.63, 3.8) is 0 Å². The van der Waals surface area contributed by atoms with Gasteiger partial charge in [0.2, 0.25) is 11.8 Å². The number of aromatic nitrogens is 2. The van der Waals surface area contributed by atoms with Gasteiger partial charge in [-0.2, -0.15) is 5.10 Å². The third-order valence-corrected chi connectivity index (χ3v) is 5.88. The lowest BCUT2D eigenvalue weighted by Gasteiger charge is -2.39. The van der Waals surface area contributed by atoms with Gasteiger partial charge in [0.25, 0.3) is 0 Å². The first kappa shape index (κ1) is 22.5. The van der Waals surface area contributed by atoms with Crippen LogP contribution in [0.1, 0.15) is 30.0 Å². The number of piperidine rings is 1. The average molecular weight is 428 g/mol. The van der Waals surface area contributed by atoms with Gasteiger partial charge in [-0.05, 0) is 26.0 Å². The number of likely N-dealkylation sites (N-methyl/N-ethyl adjacent to an activating group) is 1. The van der Waals surface area contributed by atoms with Crippen LogP contribution in [0.2, 0.25) is 0 Å². The van der Waals surface area contributed by atoms with E-state index in [2.05, 4.69) is 15.7 Å². The number of rotatable bonds is 7. The fraction of sp³-hybridized carbons (Fsp3) is 0.455. The normalized spacial score (nSPS) is 19.6. The van der Waals surface area contributed by atoms with Crippen LogP contribution in [0.15, 0.2) is 36.4 Å². The molecule has 1 fully saturated rings. The number of hydrogen-bond acceptors (Lipinski definition) is 5. The van der Waals surface area contributed by atoms with Crippen LogP contribution >= 0.6 is 0 Å². The van der Waals surface area contributed by atoms with E-state index in [0.29, 0.717) is 25.3 Å². The summed E-state index contributed by atoms with van der Waals surface area (Å²) < 4.78 is 1.70. The summed E-state index contributed by atoms with van der Waals surface area (Å²) in [6.07, 6.45) is 0.192. The lowest BCUT2D eigenvalue weighted by Crippen LogP contribution is -2.52. The lowest BCUT2D eigenvalue weighted by atomic mass is 9.80. The Morgan fingerprint density at radius 2 is 1.97 bits per heavy atom. The van der Waals surface area contributed by atoms with Gasteiger partial charge in [-0.3, -0.25) is 19.1 Å². The molecule has 1 saturated heterocycles. The Kier molecular flexibility index (Phi) is 7.06. The van der Waals surface area contributed by atoms with Gasteiger partial charge in [-0.15, -0.1) is 0 Å². The highest BCUT2D eigenvalue weighted by Crippen LogP contribution is 2.34. The minimum atomic E-state index is -1.03. The quantitative estimate of drug-likeness (QED) is 0.614. The molecule has 1 aliphatic heterocycles. The number of carbonyl (C=O) groups excluding carboxylic acids is 2. The maximum Gasteiger partial charge on any atom is 0.305 e. The van der Waals surface area contributed by atoms with E-state index >= 15 is 0 Å². The molecular formula is C22H29N5O4. The molecule has 2 heterocycles. The minimum absolute atomic E-state index is 0.130. The molecule has 31 heavy (non-hydrogen) atoms. The Balaban J connectivity index is 1.80. The average Bonchev–Trinajstić information content (AvgIpc) is 3.08. The predicted octanol–water partition coefficient (Wildman–Crippen LogP) is 1.36. The number of carboxylic acid groups (broad SMARTS) is 1. The number of benzene rings is 1. The van der Waals surface area contributed by atoms with Crippen LogP contribution in [0.25, 0.3) is 0 Å². The molecule has 2 amide bonds. The summed E-state index contributed by atoms with van der Waals surface area (Å²) in [5, 5.41) is 19.1. The smallest absolute Gasteiger partial charge is 0.305 e. The van der Waals surface area contributed by atoms with E-state index in [9.17, 15) is 14.4 Å². The van der Waals surface area contributed by atoms with Crippen molar-refractivity contribution in [2.45, 2.75) is 31.7 Å². The zero-order valence-electron chi connectivity index (χ0n) is 18.0. The third kappa shape index (κ3) is 5.29. The van der Waals surface area contributed by atoms with E-state index in [1.54, 1.807) is 16.6 Å². The van der Waals surface area contributed by atoms with Crippen molar-refractivity contribution >= 4 is 23.6 Å². The fourth-order valence-electron chi connectivity index (χ4n) is 4.05. The molecule has 0 saturated carbocycles. The highest BCUT2D eigenvalue weighted by atomic mass is 16.4. The zero-order valence-corrected chi connectivity index (χ0v) is 18.0. The number of aliphatic carboxylic acids is 1. The second kappa shape index (κ2) is 9.74. The highest BCUT2D eigenvalue weighted by molar-refractivity contribution is 5.93. The van der Waals surface area contributed by atoms with Crippen LogP contribution in [0.4, 0.5) is 5.82 Å². The van der Waals surface area contributed by atoms with Crippen molar-refractivity contribution in [1.29, 1.82) is 0 Å². The molecule has 0 aliphatic carbocycles. The monoisotopic (exact) mass is 427 g/mol. The molecule has 0 bridgehead atoms. The van der Waals surface area contributed by atoms with Crippen molar-refractivity contribution in [1.82, 2.24) is 20.0 Å². The van der Waals surface area contributed by atoms with Crippen molar-refractivity contribution in [2.24, 2.45) is 13.0 Å². The summed E-state index contributed by atoms with van der Waals surface area (Å²) in [6, 6.07) is 10.7. The SMILES string of the molecule is CNC(CC(=O)O)C(=O)N1CC[C@@H](C(=O)Nc2cc(C)n(C)n2)[C@H](c2ccccc2)C1. The summed E-state index contributed by atoms with van der Waals surface area (Å²) in [5.41, 5.74) is 1.91. The highest BCUT2D eigenvalue weighted by Gasteiger charge is 2.38. The molecule has 3 rings (SSSR count). The van der Waals surface area contributed by atoms with E-state index in [-0.39, 0.29) is 30.1 Å². The van der Waals surface area contributed by atoms with Gasteiger partial charge in [0.1, 0.15) is 0 Å². The minimum Gasteiger partial charge on any atom is -0.481 e. The van der Waals surface area contributed by atoms with Crippen LogP contribution in [0.3, 0.4) is 0 Å². The first-order valence-electron chi connectivity index (χ1n) is 10.3. The third-order valence-electron chi connectivity index (χ3n) is 5.88. The molecule has 3 N–H and O–H groups in total. The molecule has 1 aromatic carbocycles. The van der Waals surface area contributed by atoms with Crippen LogP contribution in [0.5, 0.6) is 0 Å². The van der Waals surface area contributed by atoms with Crippen molar-refractivity contribution in [3.05, 3.63) is 47.7 Å². The van der Waals surface area contributed by atoms with Gasteiger partial charge >= 0.3 is 5.97 Å². The number of nitrogens with one attached hydrogen (secondary N) is 2. The van der Waals surface area contributed by atoms with Gasteiger partial charge < -0.3 is 20.6 Å². The topological polar surface area (TPSA) is 117 Å². The number of aryl methyl sites for hydroxylation is 2. The van der Waals surface area contributed by atoms with Crippen molar-refractivity contribution in [2.75, 3.05) is 25.5 Å². The molecule has 1 unspecified atom stereocenters. The summed E-state index contributed by atoms with van der Waals surface area (Å²) in [5.74, 6) is -1.45. The van der Waals surface area contributed by atoms with E-state index in [1.807, 2.05) is 50.4 Å². The summed E-state index contributed by atoms with van der Waals surface area (Å²) in [7, 11) is 3.40. The van der Waals surface area contributed by atoms with E-state index in [0.717, 1.165) is 11.3 Å². The molecule has 0 spiro atoms. The first-order valence-corrected chi connectivity index (χ1v) is 10.3. The number of amides is 2. The number of carboxylic acids is 1. The van der Waals surface area contributed by atoms with Crippen LogP contribution in [-0.2, 0) is 21.4 Å². The van der Waals surface area contributed by atoms with Crippen LogP contribution in [-0.4, -0.2) is 63.7 Å².